The molecule has 1 aliphatic carbocycles. The van der Waals surface area contributed by atoms with Gasteiger partial charge in [-0.1, -0.05) is 30.3 Å². The Balaban J connectivity index is 1.26. The number of fused-ring (bicyclic) bond motifs is 1. The quantitative estimate of drug-likeness (QED) is 0.439. The number of esters is 1. The number of aromatic nitrogens is 1. The Morgan fingerprint density at radius 2 is 1.89 bits per heavy atom. The Bertz CT molecular complexity index is 1410. The molecule has 1 aromatic heterocycles. The number of carboxylic acid groups (broad SMARTS) is 1. The minimum atomic E-state index is -1.59. The van der Waals surface area contributed by atoms with Gasteiger partial charge in [0.25, 0.3) is 0 Å². The zero-order valence-electron chi connectivity index (χ0n) is 21.1. The fourth-order valence-electron chi connectivity index (χ4n) is 4.99. The summed E-state index contributed by atoms with van der Waals surface area (Å²) in [5.74, 6) is -1.13. The van der Waals surface area contributed by atoms with Gasteiger partial charge in [0.2, 0.25) is 5.43 Å². The maximum Gasteiger partial charge on any atom is 0.511 e. The molecule has 200 valence electrons. The van der Waals surface area contributed by atoms with Gasteiger partial charge >= 0.3 is 12.1 Å². The highest BCUT2D eigenvalue weighted by atomic mass is 19.1. The number of nitrogens with zero attached hydrogens (tertiary/aromatic N) is 3. The van der Waals surface area contributed by atoms with Crippen molar-refractivity contribution in [3.8, 4) is 5.75 Å². The predicted molar refractivity (Wildman–Crippen MR) is 139 cm³/mol. The van der Waals surface area contributed by atoms with Crippen LogP contribution in [0.25, 0.3) is 10.9 Å². The molecule has 10 heteroatoms. The summed E-state index contributed by atoms with van der Waals surface area (Å²) in [5, 5.41) is 9.08. The van der Waals surface area contributed by atoms with E-state index >= 15 is 4.39 Å². The van der Waals surface area contributed by atoms with Crippen LogP contribution in [0.2, 0.25) is 0 Å². The van der Waals surface area contributed by atoms with Crippen LogP contribution in [0.3, 0.4) is 0 Å². The molecule has 9 nitrogen and oxygen atoms in total. The van der Waals surface area contributed by atoms with Crippen molar-refractivity contribution >= 4 is 28.7 Å². The number of pyridine rings is 1. The summed E-state index contributed by atoms with van der Waals surface area (Å²) in [4.78, 5) is 40.2. The van der Waals surface area contributed by atoms with Crippen molar-refractivity contribution in [2.24, 2.45) is 0 Å². The Labute approximate surface area is 219 Å². The van der Waals surface area contributed by atoms with E-state index in [0.29, 0.717) is 37.4 Å². The molecule has 0 bridgehead atoms. The Morgan fingerprint density at radius 3 is 2.58 bits per heavy atom. The highest BCUT2D eigenvalue weighted by molar-refractivity contribution is 5.85. The van der Waals surface area contributed by atoms with Gasteiger partial charge in [-0.25, -0.2) is 9.18 Å². The minimum absolute atomic E-state index is 0.0673. The van der Waals surface area contributed by atoms with Gasteiger partial charge in [-0.3, -0.25) is 14.5 Å². The number of hydrogen-bond acceptors (Lipinski definition) is 7. The second kappa shape index (κ2) is 10.8. The second-order valence-corrected chi connectivity index (χ2v) is 9.88. The molecule has 5 rings (SSSR count). The first-order valence-electron chi connectivity index (χ1n) is 12.8. The molecule has 1 saturated carbocycles. The lowest BCUT2D eigenvalue weighted by Gasteiger charge is -2.41. The molecular formula is C28H30FN3O6. The number of halogens is 1. The van der Waals surface area contributed by atoms with Crippen molar-refractivity contribution in [3.63, 3.8) is 0 Å². The maximum absolute atomic E-state index is 15.3. The Hall–Kier alpha value is -3.92. The zero-order chi connectivity index (χ0) is 26.8. The highest BCUT2D eigenvalue weighted by Crippen LogP contribution is 2.39. The monoisotopic (exact) mass is 523 g/mol. The summed E-state index contributed by atoms with van der Waals surface area (Å²) in [6, 6.07) is 12.6. The number of ether oxygens (including phenoxy) is 2. The zero-order valence-corrected chi connectivity index (χ0v) is 21.1. The average Bonchev–Trinajstić information content (AvgIpc) is 3.74. The van der Waals surface area contributed by atoms with E-state index in [2.05, 4.69) is 9.64 Å². The Kier molecular flexibility index (Phi) is 7.33. The van der Waals surface area contributed by atoms with Gasteiger partial charge in [0.15, 0.2) is 5.75 Å². The van der Waals surface area contributed by atoms with Crippen LogP contribution in [0, 0.1) is 5.82 Å². The smallest absolute Gasteiger partial charge is 0.461 e. The largest absolute Gasteiger partial charge is 0.511 e. The second-order valence-electron chi connectivity index (χ2n) is 9.88. The number of anilines is 1. The molecule has 1 N–H and O–H groups in total. The number of hydrogen-bond donors (Lipinski definition) is 1. The maximum atomic E-state index is 15.3. The van der Waals surface area contributed by atoms with Crippen molar-refractivity contribution in [1.82, 2.24) is 9.47 Å². The number of benzene rings is 2. The van der Waals surface area contributed by atoms with Crippen LogP contribution in [0.15, 0.2) is 53.5 Å². The van der Waals surface area contributed by atoms with Gasteiger partial charge in [-0.2, -0.15) is 0 Å². The molecule has 0 amide bonds. The van der Waals surface area contributed by atoms with Crippen LogP contribution >= 0.6 is 0 Å². The van der Waals surface area contributed by atoms with Crippen LogP contribution in [-0.4, -0.2) is 58.9 Å². The molecule has 38 heavy (non-hydrogen) atoms. The summed E-state index contributed by atoms with van der Waals surface area (Å²) in [6.45, 7) is 4.59. The van der Waals surface area contributed by atoms with E-state index in [0.717, 1.165) is 18.4 Å². The molecule has 2 aliphatic rings. The van der Waals surface area contributed by atoms with Gasteiger partial charge in [-0.15, -0.1) is 0 Å². The molecule has 1 aliphatic heterocycles. The average molecular weight is 524 g/mol. The Morgan fingerprint density at radius 1 is 1.13 bits per heavy atom. The first kappa shape index (κ1) is 25.7. The molecule has 1 unspecified atom stereocenters. The minimum Gasteiger partial charge on any atom is -0.461 e. The normalized spacial score (nSPS) is 17.9. The van der Waals surface area contributed by atoms with Gasteiger partial charge in [0.1, 0.15) is 12.4 Å². The van der Waals surface area contributed by atoms with E-state index in [9.17, 15) is 14.4 Å². The van der Waals surface area contributed by atoms with Gasteiger partial charge in [0.05, 0.1) is 29.2 Å². The summed E-state index contributed by atoms with van der Waals surface area (Å²) in [6.07, 6.45) is 1.88. The number of carbonyl (C=O) groups excluding carboxylic acids is 1. The summed E-state index contributed by atoms with van der Waals surface area (Å²) in [7, 11) is 0. The van der Waals surface area contributed by atoms with Crippen LogP contribution in [-0.2, 0) is 16.1 Å². The molecule has 2 fully saturated rings. The summed E-state index contributed by atoms with van der Waals surface area (Å²) < 4.78 is 27.2. The van der Waals surface area contributed by atoms with Crippen molar-refractivity contribution in [1.29, 1.82) is 0 Å². The van der Waals surface area contributed by atoms with Crippen molar-refractivity contribution < 1.29 is 28.6 Å². The molecule has 1 saturated heterocycles. The third-order valence-corrected chi connectivity index (χ3v) is 7.16. The van der Waals surface area contributed by atoms with Crippen molar-refractivity contribution in [2.75, 3.05) is 31.1 Å². The topological polar surface area (TPSA) is 101 Å². The molecule has 0 radical (unpaired) electrons. The lowest BCUT2D eigenvalue weighted by atomic mass is 10.1. The third-order valence-electron chi connectivity index (χ3n) is 7.16. The highest BCUT2D eigenvalue weighted by Gasteiger charge is 2.29. The van der Waals surface area contributed by atoms with E-state index < -0.39 is 17.4 Å². The molecular weight excluding hydrogens is 493 g/mol. The third kappa shape index (κ3) is 5.65. The van der Waals surface area contributed by atoms with Crippen molar-refractivity contribution in [2.45, 2.75) is 44.9 Å². The SMILES string of the molecule is CC1CN(c2cc3c(cc2F)c(=O)c(OC(=O)O)cn3C2CC2)CCN1CCC(=O)OCc1ccccc1. The van der Waals surface area contributed by atoms with Crippen LogP contribution < -0.4 is 15.1 Å². The summed E-state index contributed by atoms with van der Waals surface area (Å²) >= 11 is 0. The first-order valence-corrected chi connectivity index (χ1v) is 12.8. The molecule has 0 spiro atoms. The molecule has 3 aromatic rings. The van der Waals surface area contributed by atoms with Crippen LogP contribution in [0.5, 0.6) is 5.75 Å². The molecule has 2 heterocycles. The molecule has 1 atom stereocenters. The lowest BCUT2D eigenvalue weighted by molar-refractivity contribution is -0.145. The number of piperazine rings is 1. The fourth-order valence-corrected chi connectivity index (χ4v) is 4.99. The summed E-state index contributed by atoms with van der Waals surface area (Å²) in [5.41, 5.74) is 1.25. The predicted octanol–water partition coefficient (Wildman–Crippen LogP) is 4.18. The van der Waals surface area contributed by atoms with E-state index in [1.165, 1.54) is 12.3 Å². The van der Waals surface area contributed by atoms with E-state index in [1.54, 1.807) is 6.07 Å². The van der Waals surface area contributed by atoms with E-state index in [4.69, 9.17) is 9.84 Å². The van der Waals surface area contributed by atoms with Gasteiger partial charge in [0, 0.05) is 38.3 Å². The van der Waals surface area contributed by atoms with Crippen LogP contribution in [0.4, 0.5) is 14.9 Å². The number of rotatable bonds is 8. The van der Waals surface area contributed by atoms with E-state index in [-0.39, 0.29) is 42.2 Å². The van der Waals surface area contributed by atoms with Gasteiger partial charge in [-0.05, 0) is 37.5 Å². The molecule has 2 aromatic carbocycles. The van der Waals surface area contributed by atoms with Gasteiger partial charge < -0.3 is 24.0 Å². The lowest BCUT2D eigenvalue weighted by Crippen LogP contribution is -2.52. The standard InChI is InChI=1S/C28H30FN3O6/c1-18-15-31(12-11-30(18)10-9-26(33)37-17-19-5-3-2-4-6-19)24-14-23-21(13-22(24)29)27(34)25(38-28(35)36)16-32(23)20-7-8-20/h2-6,13-14,16,18,20H,7-12,15,17H2,1H3,(H,35,36). The fraction of sp³-hybridized carbons (Fsp3) is 0.393. The first-order chi connectivity index (χ1) is 18.3. The number of carbonyl (C=O) groups is 2. The van der Waals surface area contributed by atoms with E-state index in [1.807, 2.05) is 46.7 Å². The van der Waals surface area contributed by atoms with Crippen molar-refractivity contribution in [3.05, 3.63) is 70.3 Å². The van der Waals surface area contributed by atoms with Crippen LogP contribution in [0.1, 0.15) is 37.8 Å².